The Morgan fingerprint density at radius 1 is 1.00 bits per heavy atom. The molecule has 0 bridgehead atoms. The number of benzene rings is 2. The van der Waals surface area contributed by atoms with Crippen molar-refractivity contribution in [2.75, 3.05) is 5.32 Å². The highest BCUT2D eigenvalue weighted by Crippen LogP contribution is 2.26. The minimum absolute atomic E-state index is 0.129. The normalized spacial score (nSPS) is 11.5. The maximum atomic E-state index is 13.2. The molecule has 0 aliphatic carbocycles. The number of pyridine rings is 1. The summed E-state index contributed by atoms with van der Waals surface area (Å²) in [5.74, 6) is -0.266. The highest BCUT2D eigenvalue weighted by Gasteiger charge is 2.24. The second-order valence-corrected chi connectivity index (χ2v) is 6.62. The third-order valence-electron chi connectivity index (χ3n) is 4.50. The third kappa shape index (κ3) is 4.82. The molecule has 0 saturated carbocycles. The van der Waals surface area contributed by atoms with Crippen molar-refractivity contribution in [1.29, 1.82) is 0 Å². The fourth-order valence-electron chi connectivity index (χ4n) is 3.06. The molecule has 0 fully saturated rings. The SMILES string of the molecule is CC(=O)Nc1cccc([C@H](C)N(Cc2ccccc2)C(=O)c2ccccn2)c1. The van der Waals surface area contributed by atoms with E-state index in [1.165, 1.54) is 6.92 Å². The Morgan fingerprint density at radius 3 is 2.43 bits per heavy atom. The maximum Gasteiger partial charge on any atom is 0.273 e. The van der Waals surface area contributed by atoms with Crippen LogP contribution in [0, 0.1) is 0 Å². The zero-order valence-electron chi connectivity index (χ0n) is 16.0. The van der Waals surface area contributed by atoms with Crippen LogP contribution >= 0.6 is 0 Å². The molecule has 142 valence electrons. The van der Waals surface area contributed by atoms with Crippen LogP contribution in [0.4, 0.5) is 5.69 Å². The summed E-state index contributed by atoms with van der Waals surface area (Å²) >= 11 is 0. The fourth-order valence-corrected chi connectivity index (χ4v) is 3.06. The number of aromatic nitrogens is 1. The van der Waals surface area contributed by atoms with Crippen LogP contribution in [-0.4, -0.2) is 21.7 Å². The van der Waals surface area contributed by atoms with Gasteiger partial charge in [-0.1, -0.05) is 48.5 Å². The van der Waals surface area contributed by atoms with E-state index in [0.29, 0.717) is 17.9 Å². The van der Waals surface area contributed by atoms with E-state index in [1.54, 1.807) is 23.2 Å². The van der Waals surface area contributed by atoms with Crippen molar-refractivity contribution in [2.45, 2.75) is 26.4 Å². The number of hydrogen-bond donors (Lipinski definition) is 1. The molecule has 5 heteroatoms. The average Bonchev–Trinajstić information content (AvgIpc) is 2.72. The highest BCUT2D eigenvalue weighted by molar-refractivity contribution is 5.92. The summed E-state index contributed by atoms with van der Waals surface area (Å²) in [5.41, 5.74) is 3.09. The number of hydrogen-bond acceptors (Lipinski definition) is 3. The van der Waals surface area contributed by atoms with E-state index in [2.05, 4.69) is 10.3 Å². The lowest BCUT2D eigenvalue weighted by Gasteiger charge is -2.30. The predicted molar refractivity (Wildman–Crippen MR) is 110 cm³/mol. The van der Waals surface area contributed by atoms with Crippen LogP contribution < -0.4 is 5.32 Å². The van der Waals surface area contributed by atoms with Crippen LogP contribution in [0.2, 0.25) is 0 Å². The van der Waals surface area contributed by atoms with Gasteiger partial charge in [0.15, 0.2) is 0 Å². The number of nitrogens with one attached hydrogen (secondary N) is 1. The first-order chi connectivity index (χ1) is 13.5. The molecule has 0 saturated heterocycles. The van der Waals surface area contributed by atoms with Crippen molar-refractivity contribution in [3.63, 3.8) is 0 Å². The molecule has 5 nitrogen and oxygen atoms in total. The Hall–Kier alpha value is -3.47. The second kappa shape index (κ2) is 8.95. The third-order valence-corrected chi connectivity index (χ3v) is 4.50. The quantitative estimate of drug-likeness (QED) is 0.695. The maximum absolute atomic E-state index is 13.2. The lowest BCUT2D eigenvalue weighted by Crippen LogP contribution is -2.33. The molecule has 1 N–H and O–H groups in total. The lowest BCUT2D eigenvalue weighted by molar-refractivity contribution is -0.114. The molecule has 0 aliphatic rings. The van der Waals surface area contributed by atoms with Crippen LogP contribution in [0.25, 0.3) is 0 Å². The zero-order valence-corrected chi connectivity index (χ0v) is 16.0. The topological polar surface area (TPSA) is 62.3 Å². The first kappa shape index (κ1) is 19.3. The summed E-state index contributed by atoms with van der Waals surface area (Å²) in [6.45, 7) is 3.92. The first-order valence-electron chi connectivity index (χ1n) is 9.18. The van der Waals surface area contributed by atoms with Gasteiger partial charge in [0.1, 0.15) is 5.69 Å². The van der Waals surface area contributed by atoms with E-state index in [9.17, 15) is 9.59 Å². The zero-order chi connectivity index (χ0) is 19.9. The van der Waals surface area contributed by atoms with Gasteiger partial charge in [-0.05, 0) is 42.3 Å². The Labute approximate surface area is 165 Å². The molecule has 2 aromatic carbocycles. The van der Waals surface area contributed by atoms with Crippen LogP contribution in [0.5, 0.6) is 0 Å². The van der Waals surface area contributed by atoms with Crippen LogP contribution in [0.15, 0.2) is 79.0 Å². The molecule has 0 aliphatic heterocycles. The van der Waals surface area contributed by atoms with Gasteiger partial charge in [-0.25, -0.2) is 0 Å². The Kier molecular flexibility index (Phi) is 6.17. The minimum atomic E-state index is -0.205. The molecule has 1 aromatic heterocycles. The number of carbonyl (C=O) groups is 2. The monoisotopic (exact) mass is 373 g/mol. The number of nitrogens with zero attached hydrogens (tertiary/aromatic N) is 2. The Bertz CT molecular complexity index is 942. The molecule has 0 radical (unpaired) electrons. The molecule has 28 heavy (non-hydrogen) atoms. The van der Waals surface area contributed by atoms with Gasteiger partial charge in [-0.3, -0.25) is 14.6 Å². The molecule has 1 atom stereocenters. The molecule has 0 unspecified atom stereocenters. The number of rotatable bonds is 6. The smallest absolute Gasteiger partial charge is 0.273 e. The fraction of sp³-hybridized carbons (Fsp3) is 0.174. The summed E-state index contributed by atoms with van der Waals surface area (Å²) < 4.78 is 0. The van der Waals surface area contributed by atoms with Crippen LogP contribution in [0.1, 0.15) is 41.5 Å². The van der Waals surface area contributed by atoms with Crippen molar-refractivity contribution in [3.05, 3.63) is 95.8 Å². The molecule has 2 amide bonds. The number of carbonyl (C=O) groups excluding carboxylic acids is 2. The molecule has 3 aromatic rings. The van der Waals surface area contributed by atoms with Crippen LogP contribution in [0.3, 0.4) is 0 Å². The van der Waals surface area contributed by atoms with E-state index >= 15 is 0 Å². The minimum Gasteiger partial charge on any atom is -0.326 e. The van der Waals surface area contributed by atoms with Crippen molar-refractivity contribution in [2.24, 2.45) is 0 Å². The van der Waals surface area contributed by atoms with Gasteiger partial charge < -0.3 is 10.2 Å². The van der Waals surface area contributed by atoms with Crippen molar-refractivity contribution in [3.8, 4) is 0 Å². The van der Waals surface area contributed by atoms with Gasteiger partial charge in [0, 0.05) is 25.4 Å². The Morgan fingerprint density at radius 2 is 1.75 bits per heavy atom. The Balaban J connectivity index is 1.93. The number of amides is 2. The van der Waals surface area contributed by atoms with Gasteiger partial charge in [0.05, 0.1) is 6.04 Å². The van der Waals surface area contributed by atoms with Gasteiger partial charge in [-0.2, -0.15) is 0 Å². The van der Waals surface area contributed by atoms with E-state index in [4.69, 9.17) is 0 Å². The van der Waals surface area contributed by atoms with Gasteiger partial charge in [-0.15, -0.1) is 0 Å². The highest BCUT2D eigenvalue weighted by atomic mass is 16.2. The van der Waals surface area contributed by atoms with Gasteiger partial charge in [0.2, 0.25) is 5.91 Å². The van der Waals surface area contributed by atoms with Gasteiger partial charge >= 0.3 is 0 Å². The first-order valence-corrected chi connectivity index (χ1v) is 9.18. The van der Waals surface area contributed by atoms with Crippen molar-refractivity contribution in [1.82, 2.24) is 9.88 Å². The van der Waals surface area contributed by atoms with Gasteiger partial charge in [0.25, 0.3) is 5.91 Å². The van der Waals surface area contributed by atoms with E-state index < -0.39 is 0 Å². The molecular weight excluding hydrogens is 350 g/mol. The predicted octanol–water partition coefficient (Wildman–Crippen LogP) is 4.44. The average molecular weight is 373 g/mol. The molecule has 0 spiro atoms. The van der Waals surface area contributed by atoms with Crippen molar-refractivity contribution < 1.29 is 9.59 Å². The number of anilines is 1. The summed E-state index contributed by atoms with van der Waals surface area (Å²) in [4.78, 5) is 30.6. The summed E-state index contributed by atoms with van der Waals surface area (Å²) in [6.07, 6.45) is 1.62. The van der Waals surface area contributed by atoms with E-state index in [0.717, 1.165) is 11.1 Å². The molecule has 3 rings (SSSR count). The standard InChI is InChI=1S/C23H23N3O2/c1-17(20-11-8-12-21(15-20)25-18(2)27)26(16-19-9-4-3-5-10-19)23(28)22-13-6-7-14-24-22/h3-15,17H,16H2,1-2H3,(H,25,27)/t17-/m0/s1. The van der Waals surface area contributed by atoms with Crippen LogP contribution in [-0.2, 0) is 11.3 Å². The largest absolute Gasteiger partial charge is 0.326 e. The molecular formula is C23H23N3O2. The lowest BCUT2D eigenvalue weighted by atomic mass is 10.0. The van der Waals surface area contributed by atoms with Crippen molar-refractivity contribution >= 4 is 17.5 Å². The summed E-state index contributed by atoms with van der Waals surface area (Å²) in [6, 6.07) is 22.6. The summed E-state index contributed by atoms with van der Waals surface area (Å²) in [5, 5.41) is 2.79. The summed E-state index contributed by atoms with van der Waals surface area (Å²) in [7, 11) is 0. The molecule has 1 heterocycles. The van der Waals surface area contributed by atoms with E-state index in [-0.39, 0.29) is 17.9 Å². The second-order valence-electron chi connectivity index (χ2n) is 6.62. The van der Waals surface area contributed by atoms with E-state index in [1.807, 2.05) is 67.6 Å².